The highest BCUT2D eigenvalue weighted by Gasteiger charge is 2.27. The second-order valence-corrected chi connectivity index (χ2v) is 5.30. The Morgan fingerprint density at radius 2 is 1.77 bits per heavy atom. The second-order valence-electron chi connectivity index (χ2n) is 5.30. The van der Waals surface area contributed by atoms with Crippen LogP contribution in [0.15, 0.2) is 48.5 Å². The van der Waals surface area contributed by atoms with E-state index in [4.69, 9.17) is 0 Å². The zero-order valence-electron chi connectivity index (χ0n) is 12.2. The van der Waals surface area contributed by atoms with Crippen molar-refractivity contribution in [3.05, 3.63) is 54.1 Å². The van der Waals surface area contributed by atoms with Gasteiger partial charge in [-0.3, -0.25) is 9.59 Å². The molecule has 2 aromatic carbocycles. The summed E-state index contributed by atoms with van der Waals surface area (Å²) >= 11 is 0. The highest BCUT2D eigenvalue weighted by Crippen LogP contribution is 2.26. The zero-order chi connectivity index (χ0) is 15.5. The predicted molar refractivity (Wildman–Crippen MR) is 86.9 cm³/mol. The smallest absolute Gasteiger partial charge is 0.247 e. The summed E-state index contributed by atoms with van der Waals surface area (Å²) in [5, 5.41) is 8.76. The maximum atomic E-state index is 12.2. The summed E-state index contributed by atoms with van der Waals surface area (Å²) in [5.41, 5.74) is 3.32. The molecule has 1 aliphatic heterocycles. The topological polar surface area (TPSA) is 70.2 Å². The standard InChI is InChI=1S/C17H17N3O2/c1-11-6-2-3-7-12(11)19-16(21)10-15-17(22)20-14-9-5-4-8-13(14)18-15/h2-9,15,18H,10H2,1H3,(H,19,21)(H,20,22)/t15-/m1/s1. The van der Waals surface area contributed by atoms with Gasteiger partial charge in [0.2, 0.25) is 11.8 Å². The molecule has 0 aromatic heterocycles. The van der Waals surface area contributed by atoms with Crippen LogP contribution in [-0.4, -0.2) is 17.9 Å². The van der Waals surface area contributed by atoms with Gasteiger partial charge in [0.25, 0.3) is 0 Å². The van der Waals surface area contributed by atoms with Gasteiger partial charge in [0.05, 0.1) is 17.8 Å². The highest BCUT2D eigenvalue weighted by molar-refractivity contribution is 6.06. The summed E-state index contributed by atoms with van der Waals surface area (Å²) in [5.74, 6) is -0.389. The summed E-state index contributed by atoms with van der Waals surface area (Å²) in [6.07, 6.45) is 0.0779. The van der Waals surface area contributed by atoms with Gasteiger partial charge in [-0.1, -0.05) is 30.3 Å². The molecular formula is C17H17N3O2. The molecule has 3 N–H and O–H groups in total. The number of nitrogens with one attached hydrogen (secondary N) is 3. The summed E-state index contributed by atoms with van der Waals surface area (Å²) in [4.78, 5) is 24.2. The fourth-order valence-corrected chi connectivity index (χ4v) is 2.43. The van der Waals surface area contributed by atoms with E-state index in [0.717, 1.165) is 22.6 Å². The fourth-order valence-electron chi connectivity index (χ4n) is 2.43. The van der Waals surface area contributed by atoms with Crippen molar-refractivity contribution < 1.29 is 9.59 Å². The van der Waals surface area contributed by atoms with Gasteiger partial charge in [-0.25, -0.2) is 0 Å². The van der Waals surface area contributed by atoms with E-state index < -0.39 is 6.04 Å². The van der Waals surface area contributed by atoms with Gasteiger partial charge in [0, 0.05) is 5.69 Å². The average Bonchev–Trinajstić information content (AvgIpc) is 2.50. The molecule has 0 saturated heterocycles. The lowest BCUT2D eigenvalue weighted by molar-refractivity contribution is -0.122. The molecule has 3 rings (SSSR count). The van der Waals surface area contributed by atoms with Gasteiger partial charge in [-0.15, -0.1) is 0 Å². The number of amides is 2. The van der Waals surface area contributed by atoms with E-state index in [0.29, 0.717) is 0 Å². The van der Waals surface area contributed by atoms with Crippen LogP contribution >= 0.6 is 0 Å². The Labute approximate surface area is 128 Å². The van der Waals surface area contributed by atoms with Crippen LogP contribution in [0.3, 0.4) is 0 Å². The van der Waals surface area contributed by atoms with Crippen LogP contribution in [0, 0.1) is 6.92 Å². The van der Waals surface area contributed by atoms with Crippen molar-refractivity contribution in [1.82, 2.24) is 0 Å². The minimum absolute atomic E-state index is 0.0779. The summed E-state index contributed by atoms with van der Waals surface area (Å²) in [6, 6.07) is 14.4. The first-order valence-electron chi connectivity index (χ1n) is 7.15. The summed E-state index contributed by atoms with van der Waals surface area (Å²) in [7, 11) is 0. The number of para-hydroxylation sites is 3. The van der Waals surface area contributed by atoms with Crippen molar-refractivity contribution in [1.29, 1.82) is 0 Å². The quantitative estimate of drug-likeness (QED) is 0.815. The Bertz CT molecular complexity index is 727. The second kappa shape index (κ2) is 5.89. The number of carbonyl (C=O) groups is 2. The molecule has 5 heteroatoms. The van der Waals surface area contributed by atoms with Crippen LogP contribution in [-0.2, 0) is 9.59 Å². The van der Waals surface area contributed by atoms with Gasteiger partial charge in [-0.05, 0) is 30.7 Å². The van der Waals surface area contributed by atoms with Crippen molar-refractivity contribution in [3.8, 4) is 0 Å². The van der Waals surface area contributed by atoms with Crippen LogP contribution < -0.4 is 16.0 Å². The van der Waals surface area contributed by atoms with E-state index in [-0.39, 0.29) is 18.2 Å². The molecule has 0 saturated carbocycles. The molecule has 0 radical (unpaired) electrons. The van der Waals surface area contributed by atoms with Crippen LogP contribution in [0.4, 0.5) is 17.1 Å². The third-order valence-corrected chi connectivity index (χ3v) is 3.64. The number of rotatable bonds is 3. The van der Waals surface area contributed by atoms with Crippen molar-refractivity contribution in [3.63, 3.8) is 0 Å². The lowest BCUT2D eigenvalue weighted by Crippen LogP contribution is -2.41. The van der Waals surface area contributed by atoms with Crippen molar-refractivity contribution in [2.24, 2.45) is 0 Å². The van der Waals surface area contributed by atoms with Crippen LogP contribution in [0.2, 0.25) is 0 Å². The van der Waals surface area contributed by atoms with Gasteiger partial charge in [0.1, 0.15) is 6.04 Å². The maximum Gasteiger partial charge on any atom is 0.247 e. The van der Waals surface area contributed by atoms with Gasteiger partial charge >= 0.3 is 0 Å². The lowest BCUT2D eigenvalue weighted by atomic mass is 10.1. The minimum atomic E-state index is -0.570. The van der Waals surface area contributed by atoms with Crippen molar-refractivity contribution in [2.45, 2.75) is 19.4 Å². The molecule has 0 spiro atoms. The molecule has 0 aliphatic carbocycles. The van der Waals surface area contributed by atoms with E-state index in [2.05, 4.69) is 16.0 Å². The molecule has 22 heavy (non-hydrogen) atoms. The first-order chi connectivity index (χ1) is 10.6. The molecule has 2 amide bonds. The Hall–Kier alpha value is -2.82. The number of carbonyl (C=O) groups excluding carboxylic acids is 2. The largest absolute Gasteiger partial charge is 0.372 e. The van der Waals surface area contributed by atoms with Gasteiger partial charge in [0.15, 0.2) is 0 Å². The van der Waals surface area contributed by atoms with E-state index in [1.165, 1.54) is 0 Å². The number of hydrogen-bond donors (Lipinski definition) is 3. The SMILES string of the molecule is Cc1ccccc1NC(=O)C[C@H]1Nc2ccccc2NC1=O. The Kier molecular flexibility index (Phi) is 3.78. The van der Waals surface area contributed by atoms with Crippen molar-refractivity contribution in [2.75, 3.05) is 16.0 Å². The molecule has 112 valence electrons. The molecule has 2 aromatic rings. The van der Waals surface area contributed by atoms with E-state index in [1.54, 1.807) is 0 Å². The molecule has 1 atom stereocenters. The number of aryl methyl sites for hydroxylation is 1. The lowest BCUT2D eigenvalue weighted by Gasteiger charge is -2.26. The van der Waals surface area contributed by atoms with Gasteiger partial charge in [-0.2, -0.15) is 0 Å². The monoisotopic (exact) mass is 295 g/mol. The summed E-state index contributed by atoms with van der Waals surface area (Å²) in [6.45, 7) is 1.93. The predicted octanol–water partition coefficient (Wildman–Crippen LogP) is 2.76. The summed E-state index contributed by atoms with van der Waals surface area (Å²) < 4.78 is 0. The highest BCUT2D eigenvalue weighted by atomic mass is 16.2. The number of anilines is 3. The van der Waals surface area contributed by atoms with Crippen LogP contribution in [0.1, 0.15) is 12.0 Å². The van der Waals surface area contributed by atoms with E-state index in [9.17, 15) is 9.59 Å². The normalized spacial score (nSPS) is 16.2. The Morgan fingerprint density at radius 1 is 1.09 bits per heavy atom. The molecule has 0 unspecified atom stereocenters. The van der Waals surface area contributed by atoms with E-state index in [1.807, 2.05) is 55.5 Å². The number of fused-ring (bicyclic) bond motifs is 1. The van der Waals surface area contributed by atoms with Gasteiger partial charge < -0.3 is 16.0 Å². The third kappa shape index (κ3) is 2.93. The van der Waals surface area contributed by atoms with Crippen molar-refractivity contribution >= 4 is 28.9 Å². The third-order valence-electron chi connectivity index (χ3n) is 3.64. The number of benzene rings is 2. The molecular weight excluding hydrogens is 278 g/mol. The molecule has 0 bridgehead atoms. The molecule has 1 heterocycles. The minimum Gasteiger partial charge on any atom is -0.372 e. The van der Waals surface area contributed by atoms with E-state index >= 15 is 0 Å². The Morgan fingerprint density at radius 3 is 2.55 bits per heavy atom. The first kappa shape index (κ1) is 14.1. The molecule has 0 fully saturated rings. The van der Waals surface area contributed by atoms with Crippen LogP contribution in [0.5, 0.6) is 0 Å². The van der Waals surface area contributed by atoms with Crippen LogP contribution in [0.25, 0.3) is 0 Å². The maximum absolute atomic E-state index is 12.2. The first-order valence-corrected chi connectivity index (χ1v) is 7.15. The Balaban J connectivity index is 1.67. The average molecular weight is 295 g/mol. The fraction of sp³-hybridized carbons (Fsp3) is 0.176. The zero-order valence-corrected chi connectivity index (χ0v) is 12.2. The molecule has 1 aliphatic rings. The number of hydrogen-bond acceptors (Lipinski definition) is 3. The molecule has 5 nitrogen and oxygen atoms in total.